The maximum Gasteiger partial charge on any atom is 0.257 e. The van der Waals surface area contributed by atoms with Crippen molar-refractivity contribution >= 4 is 17.5 Å². The van der Waals surface area contributed by atoms with Crippen LogP contribution in [0.3, 0.4) is 0 Å². The molecule has 0 aromatic heterocycles. The Bertz CT molecular complexity index is 968. The first kappa shape index (κ1) is 23.7. The summed E-state index contributed by atoms with van der Waals surface area (Å²) in [5.74, 6) is -0.581. The van der Waals surface area contributed by atoms with Crippen LogP contribution >= 0.6 is 0 Å². The third-order valence-electron chi connectivity index (χ3n) is 5.57. The number of hydrogen-bond acceptors (Lipinski definition) is 5. The molecular weight excluding hydrogens is 413 g/mol. The number of methoxy groups -OCH3 is 1. The predicted molar refractivity (Wildman–Crippen MR) is 121 cm³/mol. The van der Waals surface area contributed by atoms with Gasteiger partial charge in [-0.1, -0.05) is 13.0 Å². The second-order valence-electron chi connectivity index (χ2n) is 8.23. The Morgan fingerprint density at radius 2 is 2.03 bits per heavy atom. The number of halogens is 1. The molecule has 0 saturated heterocycles. The fourth-order valence-corrected chi connectivity index (χ4v) is 3.57. The van der Waals surface area contributed by atoms with Gasteiger partial charge in [-0.05, 0) is 49.2 Å². The number of amides is 2. The summed E-state index contributed by atoms with van der Waals surface area (Å²) in [4.78, 5) is 27.4. The first-order chi connectivity index (χ1) is 15.3. The van der Waals surface area contributed by atoms with Crippen LogP contribution in [0.5, 0.6) is 5.75 Å². The van der Waals surface area contributed by atoms with Crippen molar-refractivity contribution in [1.82, 2.24) is 10.2 Å². The molecule has 0 spiro atoms. The highest BCUT2D eigenvalue weighted by Crippen LogP contribution is 2.26. The highest BCUT2D eigenvalue weighted by Gasteiger charge is 2.25. The van der Waals surface area contributed by atoms with E-state index in [2.05, 4.69) is 17.6 Å². The van der Waals surface area contributed by atoms with E-state index < -0.39 is 11.7 Å². The maximum atomic E-state index is 13.5. The molecule has 0 fully saturated rings. The number of benzene rings is 2. The summed E-state index contributed by atoms with van der Waals surface area (Å²) in [6.45, 7) is 5.62. The zero-order valence-electron chi connectivity index (χ0n) is 18.9. The van der Waals surface area contributed by atoms with Crippen molar-refractivity contribution in [1.29, 1.82) is 0 Å². The standard InChI is InChI=1S/C24H30FN3O4/c1-15-12-26-16(2)14-32-21-9-8-19(27-23(29)17-6-5-7-18(25)10-17)11-20(21)24(30)28(3)13-22(15)31-4/h5-11,15-16,22,26H,12-14H2,1-4H3,(H,27,29)/t15-,16+,22-/m1/s1. The van der Waals surface area contributed by atoms with Gasteiger partial charge in [0.25, 0.3) is 11.8 Å². The van der Waals surface area contributed by atoms with Crippen LogP contribution in [0.15, 0.2) is 42.5 Å². The lowest BCUT2D eigenvalue weighted by molar-refractivity contribution is 0.0281. The number of hydrogen-bond donors (Lipinski definition) is 2. The van der Waals surface area contributed by atoms with Gasteiger partial charge in [-0.3, -0.25) is 9.59 Å². The minimum Gasteiger partial charge on any atom is -0.491 e. The number of ether oxygens (including phenoxy) is 2. The molecule has 7 nitrogen and oxygen atoms in total. The third-order valence-corrected chi connectivity index (χ3v) is 5.57. The molecule has 0 saturated carbocycles. The quantitative estimate of drug-likeness (QED) is 0.762. The van der Waals surface area contributed by atoms with E-state index in [9.17, 15) is 14.0 Å². The predicted octanol–water partition coefficient (Wildman–Crippen LogP) is 3.17. The van der Waals surface area contributed by atoms with Crippen molar-refractivity contribution in [2.75, 3.05) is 39.2 Å². The molecule has 2 aromatic carbocycles. The van der Waals surface area contributed by atoms with Crippen molar-refractivity contribution in [2.45, 2.75) is 26.0 Å². The molecule has 1 aliphatic rings. The highest BCUT2D eigenvalue weighted by atomic mass is 19.1. The topological polar surface area (TPSA) is 79.9 Å². The highest BCUT2D eigenvalue weighted by molar-refractivity contribution is 6.05. The number of nitrogens with one attached hydrogen (secondary N) is 2. The summed E-state index contributed by atoms with van der Waals surface area (Å²) in [7, 11) is 3.36. The van der Waals surface area contributed by atoms with Crippen LogP contribution in [0.4, 0.5) is 10.1 Å². The van der Waals surface area contributed by atoms with Gasteiger partial charge in [0.15, 0.2) is 0 Å². The average Bonchev–Trinajstić information content (AvgIpc) is 2.78. The van der Waals surface area contributed by atoms with Crippen molar-refractivity contribution in [2.24, 2.45) is 5.92 Å². The molecule has 1 aliphatic heterocycles. The summed E-state index contributed by atoms with van der Waals surface area (Å²) < 4.78 is 25.0. The zero-order valence-corrected chi connectivity index (χ0v) is 18.9. The number of fused-ring (bicyclic) bond motifs is 1. The number of nitrogens with zero attached hydrogens (tertiary/aromatic N) is 1. The second kappa shape index (κ2) is 10.6. The summed E-state index contributed by atoms with van der Waals surface area (Å²) in [6, 6.07) is 10.4. The van der Waals surface area contributed by atoms with Gasteiger partial charge in [0.05, 0.1) is 11.7 Å². The van der Waals surface area contributed by atoms with Crippen molar-refractivity contribution < 1.29 is 23.5 Å². The Kier molecular flexibility index (Phi) is 7.82. The van der Waals surface area contributed by atoms with E-state index in [1.165, 1.54) is 18.2 Å². The number of carbonyl (C=O) groups excluding carboxylic acids is 2. The number of rotatable bonds is 3. The van der Waals surface area contributed by atoms with Gasteiger partial charge in [0.2, 0.25) is 0 Å². The van der Waals surface area contributed by atoms with Crippen LogP contribution in [0.25, 0.3) is 0 Å². The van der Waals surface area contributed by atoms with E-state index >= 15 is 0 Å². The monoisotopic (exact) mass is 443 g/mol. The third kappa shape index (κ3) is 5.83. The Morgan fingerprint density at radius 3 is 2.75 bits per heavy atom. The van der Waals surface area contributed by atoms with Gasteiger partial charge in [-0.25, -0.2) is 4.39 Å². The number of anilines is 1. The van der Waals surface area contributed by atoms with Crippen LogP contribution in [0.2, 0.25) is 0 Å². The largest absolute Gasteiger partial charge is 0.491 e. The summed E-state index contributed by atoms with van der Waals surface area (Å²) in [6.07, 6.45) is -0.136. The first-order valence-corrected chi connectivity index (χ1v) is 10.6. The molecule has 32 heavy (non-hydrogen) atoms. The SMILES string of the molecule is CO[C@@H]1CN(C)C(=O)c2cc(NC(=O)c3cccc(F)c3)ccc2OC[C@H](C)NC[C@H]1C. The van der Waals surface area contributed by atoms with Crippen LogP contribution in [-0.4, -0.2) is 62.7 Å². The molecule has 2 amide bonds. The van der Waals surface area contributed by atoms with Gasteiger partial charge in [-0.15, -0.1) is 0 Å². The lowest BCUT2D eigenvalue weighted by Gasteiger charge is -2.30. The van der Waals surface area contributed by atoms with Crippen LogP contribution in [-0.2, 0) is 4.74 Å². The van der Waals surface area contributed by atoms with E-state index in [-0.39, 0.29) is 29.5 Å². The lowest BCUT2D eigenvalue weighted by atomic mass is 10.0. The molecule has 3 rings (SSSR count). The molecule has 0 unspecified atom stereocenters. The molecule has 8 heteroatoms. The summed E-state index contributed by atoms with van der Waals surface area (Å²) in [5, 5.41) is 6.16. The van der Waals surface area contributed by atoms with Crippen LogP contribution in [0.1, 0.15) is 34.6 Å². The molecule has 2 N–H and O–H groups in total. The van der Waals surface area contributed by atoms with E-state index in [0.29, 0.717) is 30.2 Å². The molecule has 1 heterocycles. The summed E-state index contributed by atoms with van der Waals surface area (Å²) in [5.41, 5.74) is 0.937. The normalized spacial score (nSPS) is 22.2. The van der Waals surface area contributed by atoms with Gasteiger partial charge in [0, 0.05) is 44.5 Å². The van der Waals surface area contributed by atoms with E-state index in [1.807, 2.05) is 6.92 Å². The van der Waals surface area contributed by atoms with E-state index in [1.54, 1.807) is 37.3 Å². The first-order valence-electron chi connectivity index (χ1n) is 10.6. The Labute approximate surface area is 187 Å². The minimum atomic E-state index is -0.495. The Hall–Kier alpha value is -2.97. The summed E-state index contributed by atoms with van der Waals surface area (Å²) >= 11 is 0. The Balaban J connectivity index is 1.89. The molecule has 0 radical (unpaired) electrons. The van der Waals surface area contributed by atoms with E-state index in [4.69, 9.17) is 9.47 Å². The van der Waals surface area contributed by atoms with Crippen LogP contribution < -0.4 is 15.4 Å². The van der Waals surface area contributed by atoms with Crippen molar-refractivity contribution in [3.8, 4) is 5.75 Å². The molecule has 172 valence electrons. The fourth-order valence-electron chi connectivity index (χ4n) is 3.57. The average molecular weight is 444 g/mol. The van der Waals surface area contributed by atoms with Crippen molar-refractivity contribution in [3.63, 3.8) is 0 Å². The van der Waals surface area contributed by atoms with Crippen molar-refractivity contribution in [3.05, 3.63) is 59.4 Å². The Morgan fingerprint density at radius 1 is 1.25 bits per heavy atom. The minimum absolute atomic E-state index is 0.0717. The van der Waals surface area contributed by atoms with Gasteiger partial charge >= 0.3 is 0 Å². The van der Waals surface area contributed by atoms with Crippen LogP contribution in [0, 0.1) is 11.7 Å². The molecule has 2 aromatic rings. The zero-order chi connectivity index (χ0) is 23.3. The van der Waals surface area contributed by atoms with E-state index in [0.717, 1.165) is 12.6 Å². The van der Waals surface area contributed by atoms with Gasteiger partial charge in [-0.2, -0.15) is 0 Å². The second-order valence-corrected chi connectivity index (χ2v) is 8.23. The number of carbonyl (C=O) groups is 2. The molecule has 0 aliphatic carbocycles. The maximum absolute atomic E-state index is 13.5. The van der Waals surface area contributed by atoms with Gasteiger partial charge in [0.1, 0.15) is 18.2 Å². The molecule has 3 atom stereocenters. The number of likely N-dealkylation sites (N-methyl/N-ethyl adjacent to an activating group) is 1. The smallest absolute Gasteiger partial charge is 0.257 e. The lowest BCUT2D eigenvalue weighted by Crippen LogP contribution is -2.44. The van der Waals surface area contributed by atoms with Gasteiger partial charge < -0.3 is 25.0 Å². The molecular formula is C24H30FN3O4. The molecule has 0 bridgehead atoms. The fraction of sp³-hybridized carbons (Fsp3) is 0.417.